The molecule has 0 radical (unpaired) electrons. The van der Waals surface area contributed by atoms with Gasteiger partial charge < -0.3 is 9.64 Å². The van der Waals surface area contributed by atoms with Gasteiger partial charge in [0.1, 0.15) is 12.4 Å². The van der Waals surface area contributed by atoms with E-state index in [-0.39, 0.29) is 6.04 Å². The van der Waals surface area contributed by atoms with E-state index in [1.807, 2.05) is 25.2 Å². The second-order valence-electron chi connectivity index (χ2n) is 4.57. The van der Waals surface area contributed by atoms with Crippen molar-refractivity contribution in [3.05, 3.63) is 36.4 Å². The van der Waals surface area contributed by atoms with Crippen molar-refractivity contribution in [3.8, 4) is 11.8 Å². The van der Waals surface area contributed by atoms with Gasteiger partial charge in [-0.2, -0.15) is 5.26 Å². The predicted octanol–water partition coefficient (Wildman–Crippen LogP) is 2.95. The molecule has 0 spiro atoms. The van der Waals surface area contributed by atoms with Crippen LogP contribution in [0.1, 0.15) is 6.42 Å². The second-order valence-corrected chi connectivity index (χ2v) is 4.57. The highest BCUT2D eigenvalue weighted by Crippen LogP contribution is 2.39. The number of anilines is 1. The highest BCUT2D eigenvalue weighted by atomic mass is 16.5. The van der Waals surface area contributed by atoms with Crippen molar-refractivity contribution < 1.29 is 4.74 Å². The van der Waals surface area contributed by atoms with Crippen LogP contribution < -0.4 is 9.64 Å². The monoisotopic (exact) mass is 238 g/mol. The average Bonchev–Trinajstić information content (AvgIpc) is 2.41. The normalized spacial score (nSPS) is 18.0. The van der Waals surface area contributed by atoms with E-state index in [0.717, 1.165) is 11.4 Å². The first-order valence-electron chi connectivity index (χ1n) is 6.05. The molecule has 2 aromatic rings. The lowest BCUT2D eigenvalue weighted by Gasteiger charge is -2.35. The Morgan fingerprint density at radius 1 is 1.33 bits per heavy atom. The molecule has 0 N–H and O–H groups in total. The number of nitriles is 1. The number of ether oxygens (including phenoxy) is 1. The molecule has 0 fully saturated rings. The molecule has 3 heteroatoms. The fourth-order valence-corrected chi connectivity index (χ4v) is 2.50. The molecule has 1 unspecified atom stereocenters. The number of hydrogen-bond acceptors (Lipinski definition) is 3. The van der Waals surface area contributed by atoms with E-state index in [4.69, 9.17) is 10.00 Å². The zero-order valence-corrected chi connectivity index (χ0v) is 10.3. The van der Waals surface area contributed by atoms with Gasteiger partial charge in [-0.25, -0.2) is 0 Å². The summed E-state index contributed by atoms with van der Waals surface area (Å²) < 4.78 is 5.77. The van der Waals surface area contributed by atoms with Crippen LogP contribution in [0.25, 0.3) is 10.8 Å². The van der Waals surface area contributed by atoms with Gasteiger partial charge in [-0.05, 0) is 11.5 Å². The summed E-state index contributed by atoms with van der Waals surface area (Å²) in [6.45, 7) is 0.579. The Labute approximate surface area is 106 Å². The first-order chi connectivity index (χ1) is 8.81. The van der Waals surface area contributed by atoms with Gasteiger partial charge in [-0.3, -0.25) is 0 Å². The molecule has 3 nitrogen and oxygen atoms in total. The van der Waals surface area contributed by atoms with E-state index in [1.54, 1.807) is 0 Å². The first-order valence-corrected chi connectivity index (χ1v) is 6.05. The lowest BCUT2D eigenvalue weighted by Crippen LogP contribution is -2.40. The predicted molar refractivity (Wildman–Crippen MR) is 71.9 cm³/mol. The third-order valence-electron chi connectivity index (χ3n) is 3.52. The van der Waals surface area contributed by atoms with Gasteiger partial charge in [0.2, 0.25) is 0 Å². The standard InChI is InChI=1S/C15H14N2O/c1-17-12(8-9-16)10-18-14-7-6-11-4-2-3-5-13(11)15(14)17/h2-7,12H,8,10H2,1H3. The Morgan fingerprint density at radius 2 is 2.17 bits per heavy atom. The van der Waals surface area contributed by atoms with Crippen molar-refractivity contribution >= 4 is 16.5 Å². The van der Waals surface area contributed by atoms with Crippen molar-refractivity contribution in [2.75, 3.05) is 18.6 Å². The van der Waals surface area contributed by atoms with Crippen LogP contribution in [0.4, 0.5) is 5.69 Å². The molecule has 0 aromatic heterocycles. The highest BCUT2D eigenvalue weighted by Gasteiger charge is 2.25. The van der Waals surface area contributed by atoms with Crippen LogP contribution in [0.3, 0.4) is 0 Å². The van der Waals surface area contributed by atoms with Crippen molar-refractivity contribution in [1.29, 1.82) is 5.26 Å². The van der Waals surface area contributed by atoms with E-state index in [0.29, 0.717) is 13.0 Å². The largest absolute Gasteiger partial charge is 0.489 e. The van der Waals surface area contributed by atoms with Gasteiger partial charge in [0.15, 0.2) is 0 Å². The van der Waals surface area contributed by atoms with E-state index in [2.05, 4.69) is 29.2 Å². The van der Waals surface area contributed by atoms with Gasteiger partial charge in [-0.15, -0.1) is 0 Å². The SMILES string of the molecule is CN1c2c(ccc3ccccc23)OCC1CC#N. The van der Waals surface area contributed by atoms with E-state index < -0.39 is 0 Å². The maximum Gasteiger partial charge on any atom is 0.143 e. The van der Waals surface area contributed by atoms with Crippen LogP contribution in [0.15, 0.2) is 36.4 Å². The smallest absolute Gasteiger partial charge is 0.143 e. The van der Waals surface area contributed by atoms with Gasteiger partial charge >= 0.3 is 0 Å². The van der Waals surface area contributed by atoms with Gasteiger partial charge in [0.05, 0.1) is 24.2 Å². The van der Waals surface area contributed by atoms with Crippen LogP contribution in [0.5, 0.6) is 5.75 Å². The molecule has 0 amide bonds. The number of benzene rings is 2. The van der Waals surface area contributed by atoms with Crippen LogP contribution in [-0.4, -0.2) is 19.7 Å². The molecule has 1 aliphatic rings. The molecule has 2 aromatic carbocycles. The topological polar surface area (TPSA) is 36.3 Å². The van der Waals surface area contributed by atoms with E-state index in [1.165, 1.54) is 10.8 Å². The molecule has 0 bridgehead atoms. The van der Waals surface area contributed by atoms with Gasteiger partial charge in [0, 0.05) is 12.4 Å². The fraction of sp³-hybridized carbons (Fsp3) is 0.267. The number of nitrogens with zero attached hydrogens (tertiary/aromatic N) is 2. The van der Waals surface area contributed by atoms with Crippen molar-refractivity contribution in [3.63, 3.8) is 0 Å². The summed E-state index contributed by atoms with van der Waals surface area (Å²) in [5.41, 5.74) is 1.10. The molecule has 3 rings (SSSR count). The van der Waals surface area contributed by atoms with E-state index in [9.17, 15) is 0 Å². The maximum absolute atomic E-state index is 8.87. The zero-order chi connectivity index (χ0) is 12.5. The van der Waals surface area contributed by atoms with Crippen molar-refractivity contribution in [2.24, 2.45) is 0 Å². The Morgan fingerprint density at radius 3 is 3.00 bits per heavy atom. The lowest BCUT2D eigenvalue weighted by atomic mass is 10.0. The summed E-state index contributed by atoms with van der Waals surface area (Å²) in [6, 6.07) is 14.7. The Hall–Kier alpha value is -2.21. The molecule has 1 atom stereocenters. The first kappa shape index (κ1) is 10.9. The molecule has 18 heavy (non-hydrogen) atoms. The third-order valence-corrected chi connectivity index (χ3v) is 3.52. The molecular weight excluding hydrogens is 224 g/mol. The quantitative estimate of drug-likeness (QED) is 0.766. The average molecular weight is 238 g/mol. The highest BCUT2D eigenvalue weighted by molar-refractivity contribution is 5.97. The van der Waals surface area contributed by atoms with Gasteiger partial charge in [-0.1, -0.05) is 30.3 Å². The van der Waals surface area contributed by atoms with E-state index >= 15 is 0 Å². The maximum atomic E-state index is 8.87. The molecule has 1 heterocycles. The van der Waals surface area contributed by atoms with Crippen LogP contribution in [0, 0.1) is 11.3 Å². The summed E-state index contributed by atoms with van der Waals surface area (Å²) in [5, 5.41) is 11.2. The summed E-state index contributed by atoms with van der Waals surface area (Å²) in [6.07, 6.45) is 0.485. The summed E-state index contributed by atoms with van der Waals surface area (Å²) in [4.78, 5) is 2.17. The number of fused-ring (bicyclic) bond motifs is 3. The Kier molecular flexibility index (Phi) is 2.56. The minimum Gasteiger partial charge on any atom is -0.489 e. The third kappa shape index (κ3) is 1.58. The molecule has 0 saturated carbocycles. The lowest BCUT2D eigenvalue weighted by molar-refractivity contribution is 0.269. The minimum absolute atomic E-state index is 0.133. The summed E-state index contributed by atoms with van der Waals surface area (Å²) in [7, 11) is 2.04. The van der Waals surface area contributed by atoms with Crippen LogP contribution >= 0.6 is 0 Å². The number of rotatable bonds is 1. The Bertz CT molecular complexity index is 630. The molecule has 0 aliphatic carbocycles. The summed E-state index contributed by atoms with van der Waals surface area (Å²) >= 11 is 0. The Balaban J connectivity index is 2.17. The van der Waals surface area contributed by atoms with Crippen LogP contribution in [0.2, 0.25) is 0 Å². The van der Waals surface area contributed by atoms with Crippen LogP contribution in [-0.2, 0) is 0 Å². The van der Waals surface area contributed by atoms with Gasteiger partial charge in [0.25, 0.3) is 0 Å². The molecule has 90 valence electrons. The molecular formula is C15H14N2O. The van der Waals surface area contributed by atoms with Crippen molar-refractivity contribution in [1.82, 2.24) is 0 Å². The number of likely N-dealkylation sites (N-methyl/N-ethyl adjacent to an activating group) is 1. The second kappa shape index (κ2) is 4.23. The zero-order valence-electron chi connectivity index (χ0n) is 10.3. The van der Waals surface area contributed by atoms with Crippen molar-refractivity contribution in [2.45, 2.75) is 12.5 Å². The molecule has 1 aliphatic heterocycles. The summed E-state index contributed by atoms with van der Waals surface area (Å²) in [5.74, 6) is 0.908. The fourth-order valence-electron chi connectivity index (χ4n) is 2.50. The number of hydrogen-bond donors (Lipinski definition) is 0. The minimum atomic E-state index is 0.133. The molecule has 0 saturated heterocycles.